The number of carbonyl (C=O) groups excluding carboxylic acids is 2. The molecule has 9 nitrogen and oxygen atoms in total. The molecule has 1 heterocycles. The van der Waals surface area contributed by atoms with E-state index in [1.54, 1.807) is 38.5 Å². The van der Waals surface area contributed by atoms with Crippen molar-refractivity contribution in [2.45, 2.75) is 38.5 Å². The molecule has 2 aromatic carbocycles. The zero-order valence-corrected chi connectivity index (χ0v) is 20.7. The molecule has 10 heteroatoms. The van der Waals surface area contributed by atoms with Crippen LogP contribution in [0.1, 0.15) is 41.6 Å². The topological polar surface area (TPSA) is 107 Å². The number of ether oxygens (including phenoxy) is 2. The number of hydrogen-bond acceptors (Lipinski definition) is 7. The molecule has 180 valence electrons. The van der Waals surface area contributed by atoms with E-state index in [9.17, 15) is 9.59 Å². The van der Waals surface area contributed by atoms with Crippen molar-refractivity contribution in [2.75, 3.05) is 25.3 Å². The highest BCUT2D eigenvalue weighted by molar-refractivity contribution is 7.99. The lowest BCUT2D eigenvalue weighted by Gasteiger charge is -2.15. The lowest BCUT2D eigenvalue weighted by molar-refractivity contribution is -0.113. The van der Waals surface area contributed by atoms with E-state index in [1.165, 1.54) is 11.8 Å². The maximum absolute atomic E-state index is 12.6. The Morgan fingerprint density at radius 1 is 1.09 bits per heavy atom. The molecular weight excluding hydrogens is 454 g/mol. The zero-order chi connectivity index (χ0) is 24.7. The van der Waals surface area contributed by atoms with Crippen molar-refractivity contribution in [3.8, 4) is 11.5 Å². The maximum Gasteiger partial charge on any atom is 0.251 e. The van der Waals surface area contributed by atoms with Gasteiger partial charge in [-0.2, -0.15) is 0 Å². The largest absolute Gasteiger partial charge is 0.497 e. The Labute approximate surface area is 203 Å². The second kappa shape index (κ2) is 11.6. The summed E-state index contributed by atoms with van der Waals surface area (Å²) in [6.07, 6.45) is 0. The van der Waals surface area contributed by atoms with E-state index in [0.717, 1.165) is 5.56 Å². The highest BCUT2D eigenvalue weighted by atomic mass is 32.2. The predicted molar refractivity (Wildman–Crippen MR) is 132 cm³/mol. The summed E-state index contributed by atoms with van der Waals surface area (Å²) in [5.74, 6) is 1.66. The van der Waals surface area contributed by atoms with Crippen molar-refractivity contribution in [1.82, 2.24) is 20.1 Å². The van der Waals surface area contributed by atoms with Crippen LogP contribution in [0.5, 0.6) is 11.5 Å². The number of nitrogens with zero attached hydrogens (tertiary/aromatic N) is 3. The molecule has 0 radical (unpaired) electrons. The molecule has 0 aliphatic rings. The molecule has 0 fully saturated rings. The lowest BCUT2D eigenvalue weighted by Crippen LogP contribution is -2.28. The van der Waals surface area contributed by atoms with Crippen LogP contribution in [0, 0.1) is 6.92 Å². The lowest BCUT2D eigenvalue weighted by atomic mass is 10.2. The van der Waals surface area contributed by atoms with Crippen LogP contribution in [0.2, 0.25) is 0 Å². The molecule has 34 heavy (non-hydrogen) atoms. The fourth-order valence-electron chi connectivity index (χ4n) is 3.35. The summed E-state index contributed by atoms with van der Waals surface area (Å²) in [4.78, 5) is 25.2. The van der Waals surface area contributed by atoms with Crippen LogP contribution in [-0.2, 0) is 11.3 Å². The van der Waals surface area contributed by atoms with Gasteiger partial charge in [0.2, 0.25) is 5.91 Å². The van der Waals surface area contributed by atoms with Crippen LogP contribution in [0.15, 0.2) is 47.6 Å². The Bertz CT molecular complexity index is 1150. The van der Waals surface area contributed by atoms with Crippen molar-refractivity contribution in [3.05, 3.63) is 59.4 Å². The fraction of sp³-hybridized carbons (Fsp3) is 0.333. The van der Waals surface area contributed by atoms with Gasteiger partial charge >= 0.3 is 0 Å². The number of aromatic nitrogens is 3. The number of carbonyl (C=O) groups is 2. The second-order valence-electron chi connectivity index (χ2n) is 7.55. The first-order valence-corrected chi connectivity index (χ1v) is 11.8. The van der Waals surface area contributed by atoms with Crippen LogP contribution in [0.4, 0.5) is 5.69 Å². The van der Waals surface area contributed by atoms with E-state index in [1.807, 2.05) is 43.5 Å². The normalized spacial score (nSPS) is 11.6. The third-order valence-corrected chi connectivity index (χ3v) is 6.08. The van der Waals surface area contributed by atoms with Crippen molar-refractivity contribution in [3.63, 3.8) is 0 Å². The molecule has 0 saturated carbocycles. The molecule has 1 unspecified atom stereocenters. The molecule has 0 aliphatic heterocycles. The third-order valence-electron chi connectivity index (χ3n) is 5.11. The van der Waals surface area contributed by atoms with Gasteiger partial charge in [-0.1, -0.05) is 17.8 Å². The summed E-state index contributed by atoms with van der Waals surface area (Å²) in [7, 11) is 3.14. The van der Waals surface area contributed by atoms with Crippen molar-refractivity contribution >= 4 is 29.3 Å². The van der Waals surface area contributed by atoms with Gasteiger partial charge in [-0.25, -0.2) is 0 Å². The van der Waals surface area contributed by atoms with E-state index in [4.69, 9.17) is 9.47 Å². The first kappa shape index (κ1) is 25.1. The van der Waals surface area contributed by atoms with E-state index in [-0.39, 0.29) is 23.6 Å². The number of nitrogens with one attached hydrogen (secondary N) is 2. The van der Waals surface area contributed by atoms with E-state index < -0.39 is 0 Å². The number of rotatable bonds is 10. The van der Waals surface area contributed by atoms with Crippen LogP contribution < -0.4 is 20.1 Å². The van der Waals surface area contributed by atoms with Crippen molar-refractivity contribution < 1.29 is 19.1 Å². The van der Waals surface area contributed by atoms with Crippen LogP contribution in [-0.4, -0.2) is 46.6 Å². The van der Waals surface area contributed by atoms with Gasteiger partial charge in [-0.15, -0.1) is 10.2 Å². The maximum atomic E-state index is 12.6. The Morgan fingerprint density at radius 2 is 1.82 bits per heavy atom. The number of thioether (sulfide) groups is 1. The SMILES string of the molecule is CCn1c(SCC(=O)Nc2cc(C)ccc2OC)nnc1C(C)NC(=O)c1ccc(OC)cc1. The summed E-state index contributed by atoms with van der Waals surface area (Å²) in [5.41, 5.74) is 2.17. The Morgan fingerprint density at radius 3 is 2.47 bits per heavy atom. The minimum absolute atomic E-state index is 0.155. The quantitative estimate of drug-likeness (QED) is 0.422. The molecule has 1 atom stereocenters. The molecule has 0 aliphatic carbocycles. The Hall–Kier alpha value is -3.53. The third kappa shape index (κ3) is 6.07. The first-order valence-electron chi connectivity index (χ1n) is 10.8. The van der Waals surface area contributed by atoms with Crippen LogP contribution in [0.3, 0.4) is 0 Å². The number of anilines is 1. The molecule has 0 bridgehead atoms. The smallest absolute Gasteiger partial charge is 0.251 e. The summed E-state index contributed by atoms with van der Waals surface area (Å²) in [6.45, 7) is 6.36. The van der Waals surface area contributed by atoms with Crippen molar-refractivity contribution in [2.24, 2.45) is 0 Å². The van der Waals surface area contributed by atoms with Gasteiger partial charge in [0.25, 0.3) is 5.91 Å². The van der Waals surface area contributed by atoms with E-state index in [0.29, 0.717) is 40.3 Å². The highest BCUT2D eigenvalue weighted by Gasteiger charge is 2.20. The summed E-state index contributed by atoms with van der Waals surface area (Å²) in [6, 6.07) is 12.1. The monoisotopic (exact) mass is 483 g/mol. The van der Waals surface area contributed by atoms with E-state index in [2.05, 4.69) is 20.8 Å². The zero-order valence-electron chi connectivity index (χ0n) is 19.9. The Kier molecular flexibility index (Phi) is 8.53. The second-order valence-corrected chi connectivity index (χ2v) is 8.49. The Balaban J connectivity index is 1.63. The van der Waals surface area contributed by atoms with Crippen LogP contribution in [0.25, 0.3) is 0 Å². The average Bonchev–Trinajstić information content (AvgIpc) is 3.26. The minimum atomic E-state index is -0.373. The van der Waals surface area contributed by atoms with Gasteiger partial charge in [0.1, 0.15) is 11.5 Å². The van der Waals surface area contributed by atoms with Crippen molar-refractivity contribution in [1.29, 1.82) is 0 Å². The molecular formula is C24H29N5O4S. The first-order chi connectivity index (χ1) is 16.4. The van der Waals surface area contributed by atoms with Crippen LogP contribution >= 0.6 is 11.8 Å². The van der Waals surface area contributed by atoms with E-state index >= 15 is 0 Å². The summed E-state index contributed by atoms with van der Waals surface area (Å²) >= 11 is 1.28. The van der Waals surface area contributed by atoms with Gasteiger partial charge in [0.05, 0.1) is 31.7 Å². The molecule has 3 aromatic rings. The average molecular weight is 484 g/mol. The number of hydrogen-bond donors (Lipinski definition) is 2. The van der Waals surface area contributed by atoms with Gasteiger partial charge in [0.15, 0.2) is 11.0 Å². The molecule has 2 N–H and O–H groups in total. The number of methoxy groups -OCH3 is 2. The molecule has 0 saturated heterocycles. The fourth-order valence-corrected chi connectivity index (χ4v) is 4.16. The molecule has 3 rings (SSSR count). The van der Waals surface area contributed by atoms with Gasteiger partial charge in [-0.3, -0.25) is 9.59 Å². The number of aryl methyl sites for hydroxylation is 1. The standard InChI is InChI=1S/C24H29N5O4S/c1-6-29-22(16(3)25-23(31)17-8-10-18(32-4)11-9-17)27-28-24(29)34-14-21(30)26-19-13-15(2)7-12-20(19)33-5/h7-13,16H,6,14H2,1-5H3,(H,25,31)(H,26,30). The molecule has 1 aromatic heterocycles. The summed E-state index contributed by atoms with van der Waals surface area (Å²) < 4.78 is 12.3. The van der Waals surface area contributed by atoms with Gasteiger partial charge in [0, 0.05) is 12.1 Å². The van der Waals surface area contributed by atoms with Gasteiger partial charge in [-0.05, 0) is 62.7 Å². The molecule has 2 amide bonds. The number of amides is 2. The molecule has 0 spiro atoms. The highest BCUT2D eigenvalue weighted by Crippen LogP contribution is 2.26. The number of benzene rings is 2. The van der Waals surface area contributed by atoms with Gasteiger partial charge < -0.3 is 24.7 Å². The summed E-state index contributed by atoms with van der Waals surface area (Å²) in [5, 5.41) is 14.9. The predicted octanol–water partition coefficient (Wildman–Crippen LogP) is 3.85. The minimum Gasteiger partial charge on any atom is -0.497 e.